The fraction of sp³-hybridized carbons (Fsp3) is 0.643. The van der Waals surface area contributed by atoms with Crippen LogP contribution in [0.2, 0.25) is 0 Å². The van der Waals surface area contributed by atoms with E-state index in [1.807, 2.05) is 0 Å². The Kier molecular flexibility index (Phi) is 5.45. The molecule has 1 fully saturated rings. The summed E-state index contributed by atoms with van der Waals surface area (Å²) in [5, 5.41) is 3.31. The standard InChI is InChI=1S/C14H23N3O5S/c1-17-8-11(7-12(17)13(18)22-3)23(19,20)16-9-14(10-21-2)5-4-6-15-14/h7-8,15-16H,4-6,9-10H2,1-3H3. The van der Waals surface area contributed by atoms with Crippen LogP contribution in [0.15, 0.2) is 17.2 Å². The number of carbonyl (C=O) groups excluding carboxylic acids is 1. The predicted molar refractivity (Wildman–Crippen MR) is 83.8 cm³/mol. The highest BCUT2D eigenvalue weighted by molar-refractivity contribution is 7.89. The average Bonchev–Trinajstić information content (AvgIpc) is 3.13. The van der Waals surface area contributed by atoms with Gasteiger partial charge < -0.3 is 19.4 Å². The number of hydrogen-bond acceptors (Lipinski definition) is 6. The number of sulfonamides is 1. The van der Waals surface area contributed by atoms with Gasteiger partial charge in [-0.1, -0.05) is 0 Å². The minimum atomic E-state index is -3.72. The van der Waals surface area contributed by atoms with Crippen molar-refractivity contribution in [3.05, 3.63) is 18.0 Å². The Bertz CT molecular complexity index is 662. The number of methoxy groups -OCH3 is 2. The summed E-state index contributed by atoms with van der Waals surface area (Å²) < 4.78 is 38.8. The highest BCUT2D eigenvalue weighted by Gasteiger charge is 2.35. The zero-order valence-corrected chi connectivity index (χ0v) is 14.4. The van der Waals surface area contributed by atoms with E-state index in [1.165, 1.54) is 23.9 Å². The first-order valence-electron chi connectivity index (χ1n) is 7.32. The van der Waals surface area contributed by atoms with Crippen LogP contribution < -0.4 is 10.0 Å². The third-order valence-corrected chi connectivity index (χ3v) is 5.41. The molecule has 1 saturated heterocycles. The Hall–Kier alpha value is -1.42. The number of aryl methyl sites for hydroxylation is 1. The monoisotopic (exact) mass is 345 g/mol. The lowest BCUT2D eigenvalue weighted by Gasteiger charge is -2.28. The number of hydrogen-bond donors (Lipinski definition) is 2. The van der Waals surface area contributed by atoms with Crippen LogP contribution in [-0.4, -0.2) is 58.4 Å². The lowest BCUT2D eigenvalue weighted by Crippen LogP contribution is -2.52. The summed E-state index contributed by atoms with van der Waals surface area (Å²) in [5.41, 5.74) is -0.208. The lowest BCUT2D eigenvalue weighted by atomic mass is 9.99. The van der Waals surface area contributed by atoms with Gasteiger partial charge in [-0.25, -0.2) is 17.9 Å². The quantitative estimate of drug-likeness (QED) is 0.668. The first-order valence-corrected chi connectivity index (χ1v) is 8.80. The Morgan fingerprint density at radius 3 is 2.78 bits per heavy atom. The van der Waals surface area contributed by atoms with Gasteiger partial charge >= 0.3 is 5.97 Å². The minimum absolute atomic E-state index is 0.0333. The second-order valence-electron chi connectivity index (χ2n) is 5.73. The molecule has 1 aromatic rings. The summed E-state index contributed by atoms with van der Waals surface area (Å²) >= 11 is 0. The molecule has 0 amide bonds. The topological polar surface area (TPSA) is 98.7 Å². The van der Waals surface area contributed by atoms with E-state index >= 15 is 0 Å². The Morgan fingerprint density at radius 2 is 2.22 bits per heavy atom. The molecule has 2 N–H and O–H groups in total. The second-order valence-corrected chi connectivity index (χ2v) is 7.50. The molecular formula is C14H23N3O5S. The van der Waals surface area contributed by atoms with Crippen molar-refractivity contribution in [2.24, 2.45) is 7.05 Å². The predicted octanol–water partition coefficient (Wildman–Crippen LogP) is -0.141. The van der Waals surface area contributed by atoms with E-state index in [9.17, 15) is 13.2 Å². The van der Waals surface area contributed by atoms with Crippen LogP contribution in [0, 0.1) is 0 Å². The van der Waals surface area contributed by atoms with Crippen LogP contribution in [0.5, 0.6) is 0 Å². The van der Waals surface area contributed by atoms with Gasteiger partial charge in [0.05, 0.1) is 19.3 Å². The molecule has 0 saturated carbocycles. The zero-order chi connectivity index (χ0) is 17.1. The molecule has 130 valence electrons. The van der Waals surface area contributed by atoms with Crippen molar-refractivity contribution in [1.29, 1.82) is 0 Å². The van der Waals surface area contributed by atoms with E-state index in [1.54, 1.807) is 14.2 Å². The van der Waals surface area contributed by atoms with E-state index in [4.69, 9.17) is 4.74 Å². The number of ether oxygens (including phenoxy) is 2. The largest absolute Gasteiger partial charge is 0.464 e. The maximum Gasteiger partial charge on any atom is 0.354 e. The van der Waals surface area contributed by atoms with Crippen LogP contribution in [0.4, 0.5) is 0 Å². The second kappa shape index (κ2) is 7.00. The summed E-state index contributed by atoms with van der Waals surface area (Å²) in [5.74, 6) is -0.581. The summed E-state index contributed by atoms with van der Waals surface area (Å²) in [6.45, 7) is 1.49. The van der Waals surface area contributed by atoms with Crippen molar-refractivity contribution in [2.75, 3.05) is 33.9 Å². The molecule has 2 rings (SSSR count). The zero-order valence-electron chi connectivity index (χ0n) is 13.6. The van der Waals surface area contributed by atoms with Crippen LogP contribution in [0.25, 0.3) is 0 Å². The molecule has 23 heavy (non-hydrogen) atoms. The molecule has 0 spiro atoms. The molecule has 2 heterocycles. The van der Waals surface area contributed by atoms with Crippen molar-refractivity contribution in [2.45, 2.75) is 23.3 Å². The van der Waals surface area contributed by atoms with Gasteiger partial charge in [-0.05, 0) is 25.5 Å². The van der Waals surface area contributed by atoms with Crippen LogP contribution in [0.1, 0.15) is 23.3 Å². The Morgan fingerprint density at radius 1 is 1.48 bits per heavy atom. The van der Waals surface area contributed by atoms with E-state index in [2.05, 4.69) is 14.8 Å². The molecule has 0 aromatic carbocycles. The molecule has 0 aliphatic carbocycles. The molecule has 0 radical (unpaired) electrons. The minimum Gasteiger partial charge on any atom is -0.464 e. The molecular weight excluding hydrogens is 322 g/mol. The number of nitrogens with one attached hydrogen (secondary N) is 2. The molecule has 1 aliphatic heterocycles. The smallest absolute Gasteiger partial charge is 0.354 e. The fourth-order valence-corrected chi connectivity index (χ4v) is 3.97. The molecule has 1 unspecified atom stereocenters. The van der Waals surface area contributed by atoms with Gasteiger partial charge in [0, 0.05) is 26.9 Å². The van der Waals surface area contributed by atoms with Gasteiger partial charge in [0.1, 0.15) is 10.6 Å². The third kappa shape index (κ3) is 3.92. The van der Waals surface area contributed by atoms with Gasteiger partial charge in [-0.15, -0.1) is 0 Å². The summed E-state index contributed by atoms with van der Waals surface area (Å²) in [4.78, 5) is 11.6. The number of esters is 1. The van der Waals surface area contributed by atoms with Crippen molar-refractivity contribution >= 4 is 16.0 Å². The Balaban J connectivity index is 2.14. The molecule has 9 heteroatoms. The number of carbonyl (C=O) groups is 1. The van der Waals surface area contributed by atoms with Crippen molar-refractivity contribution < 1.29 is 22.7 Å². The Labute approximate surface area is 136 Å². The SMILES string of the molecule is COCC1(CNS(=O)(=O)c2cc(C(=O)OC)n(C)c2)CCCN1. The van der Waals surface area contributed by atoms with E-state index in [0.29, 0.717) is 6.61 Å². The van der Waals surface area contributed by atoms with E-state index < -0.39 is 16.0 Å². The molecule has 1 aromatic heterocycles. The molecule has 1 atom stereocenters. The van der Waals surface area contributed by atoms with Crippen LogP contribution in [-0.2, 0) is 26.5 Å². The van der Waals surface area contributed by atoms with Gasteiger partial charge in [0.2, 0.25) is 10.0 Å². The highest BCUT2D eigenvalue weighted by Crippen LogP contribution is 2.20. The van der Waals surface area contributed by atoms with Gasteiger partial charge in [-0.2, -0.15) is 0 Å². The fourth-order valence-electron chi connectivity index (χ4n) is 2.78. The maximum atomic E-state index is 12.5. The van der Waals surface area contributed by atoms with Crippen molar-refractivity contribution in [3.8, 4) is 0 Å². The lowest BCUT2D eigenvalue weighted by molar-refractivity contribution is 0.0590. The average molecular weight is 345 g/mol. The van der Waals surface area contributed by atoms with Crippen molar-refractivity contribution in [3.63, 3.8) is 0 Å². The number of nitrogens with zero attached hydrogens (tertiary/aromatic N) is 1. The number of aromatic nitrogens is 1. The van der Waals surface area contributed by atoms with Gasteiger partial charge in [0.15, 0.2) is 0 Å². The molecule has 1 aliphatic rings. The van der Waals surface area contributed by atoms with E-state index in [0.717, 1.165) is 19.4 Å². The first-order chi connectivity index (χ1) is 10.8. The molecule has 0 bridgehead atoms. The molecule has 8 nitrogen and oxygen atoms in total. The van der Waals surface area contributed by atoms with Gasteiger partial charge in [-0.3, -0.25) is 0 Å². The van der Waals surface area contributed by atoms with Crippen LogP contribution >= 0.6 is 0 Å². The summed E-state index contributed by atoms with van der Waals surface area (Å²) in [6.07, 6.45) is 3.20. The maximum absolute atomic E-state index is 12.5. The third-order valence-electron chi connectivity index (χ3n) is 4.04. The summed E-state index contributed by atoms with van der Waals surface area (Å²) in [7, 11) is 0.717. The first kappa shape index (κ1) is 17.9. The van der Waals surface area contributed by atoms with E-state index in [-0.39, 0.29) is 22.7 Å². The highest BCUT2D eigenvalue weighted by atomic mass is 32.2. The van der Waals surface area contributed by atoms with Crippen LogP contribution in [0.3, 0.4) is 0 Å². The van der Waals surface area contributed by atoms with Crippen molar-refractivity contribution in [1.82, 2.24) is 14.6 Å². The number of rotatable bonds is 7. The normalized spacial score (nSPS) is 21.5. The van der Waals surface area contributed by atoms with Gasteiger partial charge in [0.25, 0.3) is 0 Å². The summed E-state index contributed by atoms with van der Waals surface area (Å²) in [6, 6.07) is 1.30.